The van der Waals surface area contributed by atoms with E-state index in [4.69, 9.17) is 11.6 Å². The molecule has 0 saturated carbocycles. The van der Waals surface area contributed by atoms with Crippen LogP contribution < -0.4 is 9.62 Å². The molecule has 142 valence electrons. The highest BCUT2D eigenvalue weighted by Crippen LogP contribution is 2.41. The van der Waals surface area contributed by atoms with Crippen LogP contribution >= 0.6 is 46.8 Å². The Balaban J connectivity index is 1.70. The lowest BCUT2D eigenvalue weighted by Crippen LogP contribution is -2.37. The number of hydrogen-bond acceptors (Lipinski definition) is 6. The van der Waals surface area contributed by atoms with Crippen LogP contribution in [0, 0.1) is 5.41 Å². The zero-order valence-corrected chi connectivity index (χ0v) is 18.9. The van der Waals surface area contributed by atoms with Crippen LogP contribution in [0.25, 0.3) is 0 Å². The summed E-state index contributed by atoms with van der Waals surface area (Å²) in [5, 5.41) is 0.824. The van der Waals surface area contributed by atoms with Crippen LogP contribution in [0.5, 0.6) is 0 Å². The van der Waals surface area contributed by atoms with Gasteiger partial charge in [-0.15, -0.1) is 11.3 Å². The van der Waals surface area contributed by atoms with Crippen LogP contribution in [0.4, 0.5) is 11.4 Å². The first-order chi connectivity index (χ1) is 12.3. The Labute approximate surface area is 174 Å². The number of piperidine rings is 1. The van der Waals surface area contributed by atoms with E-state index in [2.05, 4.69) is 60.1 Å². The van der Waals surface area contributed by atoms with Crippen molar-refractivity contribution in [3.8, 4) is 0 Å². The molecular weight excluding hydrogens is 402 g/mol. The van der Waals surface area contributed by atoms with E-state index < -0.39 is 0 Å². The zero-order chi connectivity index (χ0) is 18.7. The van der Waals surface area contributed by atoms with E-state index in [9.17, 15) is 0 Å². The zero-order valence-electron chi connectivity index (χ0n) is 15.7. The molecule has 3 rings (SSSR count). The normalized spacial score (nSPS) is 16.9. The fraction of sp³-hybridized carbons (Fsp3) is 0.474. The van der Waals surface area contributed by atoms with Crippen molar-refractivity contribution in [2.75, 3.05) is 36.8 Å². The van der Waals surface area contributed by atoms with Crippen LogP contribution in [-0.4, -0.2) is 31.5 Å². The van der Waals surface area contributed by atoms with Gasteiger partial charge in [0.15, 0.2) is 0 Å². The van der Waals surface area contributed by atoms with E-state index in [1.165, 1.54) is 21.3 Å². The Hall–Kier alpha value is -0.530. The number of thiophene rings is 1. The van der Waals surface area contributed by atoms with Gasteiger partial charge in [-0.2, -0.15) is 0 Å². The second-order valence-electron chi connectivity index (χ2n) is 7.47. The summed E-state index contributed by atoms with van der Waals surface area (Å²) in [7, 11) is 4.13. The second kappa shape index (κ2) is 8.65. The maximum Gasteiger partial charge on any atom is 0.0820 e. The summed E-state index contributed by atoms with van der Waals surface area (Å²) in [6.45, 7) is 6.82. The average molecular weight is 428 g/mol. The summed E-state index contributed by atoms with van der Waals surface area (Å²) < 4.78 is 8.19. The minimum Gasteiger partial charge on any atom is -0.369 e. The van der Waals surface area contributed by atoms with Crippen LogP contribution in [0.15, 0.2) is 38.8 Å². The minimum absolute atomic E-state index is 0.428. The molecule has 1 aliphatic rings. The van der Waals surface area contributed by atoms with E-state index in [-0.39, 0.29) is 0 Å². The van der Waals surface area contributed by atoms with Gasteiger partial charge in [-0.25, -0.2) is 0 Å². The number of benzene rings is 1. The number of para-hydroxylation sites is 1. The highest BCUT2D eigenvalue weighted by atomic mass is 35.5. The van der Waals surface area contributed by atoms with Crippen molar-refractivity contribution in [1.82, 2.24) is 4.31 Å². The van der Waals surface area contributed by atoms with Crippen molar-refractivity contribution in [3.05, 3.63) is 35.4 Å². The summed E-state index contributed by atoms with van der Waals surface area (Å²) >= 11 is 11.8. The molecule has 0 spiro atoms. The third-order valence-electron chi connectivity index (χ3n) is 4.51. The summed E-state index contributed by atoms with van der Waals surface area (Å²) in [4.78, 5) is 2.43. The van der Waals surface area contributed by atoms with Gasteiger partial charge >= 0.3 is 0 Å². The van der Waals surface area contributed by atoms with E-state index in [0.29, 0.717) is 5.41 Å². The molecule has 2 aromatic rings. The molecule has 1 aromatic heterocycles. The predicted octanol–water partition coefficient (Wildman–Crippen LogP) is 6.72. The Bertz CT molecular complexity index is 735. The SMILES string of the molecule is CN(C)Sc1ccc(SNc2cccc(Cl)c2N2CCC(C)(C)CC2)s1. The van der Waals surface area contributed by atoms with E-state index in [0.717, 1.165) is 29.5 Å². The quantitative estimate of drug-likeness (QED) is 0.514. The van der Waals surface area contributed by atoms with Gasteiger partial charge in [0.1, 0.15) is 0 Å². The maximum atomic E-state index is 6.58. The molecule has 1 aromatic carbocycles. The summed E-state index contributed by atoms with van der Waals surface area (Å²) in [5.41, 5.74) is 2.66. The molecule has 1 fully saturated rings. The topological polar surface area (TPSA) is 18.5 Å². The van der Waals surface area contributed by atoms with Crippen LogP contribution in [0.3, 0.4) is 0 Å². The van der Waals surface area contributed by atoms with Crippen LogP contribution in [0.2, 0.25) is 5.02 Å². The van der Waals surface area contributed by atoms with E-state index in [1.807, 2.05) is 12.1 Å². The molecule has 3 nitrogen and oxygen atoms in total. The molecule has 0 unspecified atom stereocenters. The number of rotatable bonds is 6. The minimum atomic E-state index is 0.428. The van der Waals surface area contributed by atoms with Crippen LogP contribution in [0.1, 0.15) is 26.7 Å². The second-order valence-corrected chi connectivity index (χ2v) is 11.7. The third-order valence-corrected chi connectivity index (χ3v) is 7.80. The first-order valence-electron chi connectivity index (χ1n) is 8.75. The molecule has 0 atom stereocenters. The van der Waals surface area contributed by atoms with Gasteiger partial charge in [0.2, 0.25) is 0 Å². The lowest BCUT2D eigenvalue weighted by atomic mass is 9.82. The van der Waals surface area contributed by atoms with Gasteiger partial charge in [0.05, 0.1) is 24.8 Å². The molecule has 1 saturated heterocycles. The summed E-state index contributed by atoms with van der Waals surface area (Å²) in [6, 6.07) is 10.5. The number of nitrogens with one attached hydrogen (secondary N) is 1. The Morgan fingerprint density at radius 3 is 2.50 bits per heavy atom. The average Bonchev–Trinajstić information content (AvgIpc) is 3.00. The lowest BCUT2D eigenvalue weighted by Gasteiger charge is -2.39. The smallest absolute Gasteiger partial charge is 0.0820 e. The predicted molar refractivity (Wildman–Crippen MR) is 120 cm³/mol. The van der Waals surface area contributed by atoms with Gasteiger partial charge in [0.25, 0.3) is 0 Å². The van der Waals surface area contributed by atoms with Crippen molar-refractivity contribution < 1.29 is 0 Å². The molecule has 7 heteroatoms. The van der Waals surface area contributed by atoms with Gasteiger partial charge in [-0.1, -0.05) is 31.5 Å². The standard InChI is InChI=1S/C19H26ClN3S3/c1-19(2)10-12-23(13-11-19)18-14(20)6-5-7-15(18)21-25-16-8-9-17(24-16)26-22(3)4/h5-9,21H,10-13H2,1-4H3. The van der Waals surface area contributed by atoms with Crippen molar-refractivity contribution in [1.29, 1.82) is 0 Å². The van der Waals surface area contributed by atoms with Gasteiger partial charge in [0, 0.05) is 13.1 Å². The monoisotopic (exact) mass is 427 g/mol. The molecule has 0 radical (unpaired) electrons. The first kappa shape index (κ1) is 20.2. The number of halogens is 1. The first-order valence-corrected chi connectivity index (χ1v) is 11.5. The lowest BCUT2D eigenvalue weighted by molar-refractivity contribution is 0.280. The van der Waals surface area contributed by atoms with E-state index in [1.54, 1.807) is 35.2 Å². The highest BCUT2D eigenvalue weighted by molar-refractivity contribution is 8.03. The van der Waals surface area contributed by atoms with Crippen molar-refractivity contribution in [2.45, 2.75) is 35.1 Å². The molecule has 1 aliphatic heterocycles. The van der Waals surface area contributed by atoms with Gasteiger partial charge < -0.3 is 9.62 Å². The molecule has 2 heterocycles. The van der Waals surface area contributed by atoms with Crippen molar-refractivity contribution >= 4 is 58.2 Å². The van der Waals surface area contributed by atoms with Gasteiger partial charge in [-0.05, 0) is 80.5 Å². The summed E-state index contributed by atoms with van der Waals surface area (Å²) in [6.07, 6.45) is 2.39. The molecule has 0 amide bonds. The number of hydrogen-bond donors (Lipinski definition) is 1. The number of anilines is 2. The number of nitrogens with zero attached hydrogens (tertiary/aromatic N) is 2. The highest BCUT2D eigenvalue weighted by Gasteiger charge is 2.27. The van der Waals surface area contributed by atoms with Crippen LogP contribution in [-0.2, 0) is 0 Å². The summed E-state index contributed by atoms with van der Waals surface area (Å²) in [5.74, 6) is 0. The molecule has 0 bridgehead atoms. The third kappa shape index (κ3) is 5.26. The fourth-order valence-electron chi connectivity index (χ4n) is 2.95. The van der Waals surface area contributed by atoms with E-state index >= 15 is 0 Å². The van der Waals surface area contributed by atoms with Crippen molar-refractivity contribution in [3.63, 3.8) is 0 Å². The largest absolute Gasteiger partial charge is 0.369 e. The molecular formula is C19H26ClN3S3. The molecule has 26 heavy (non-hydrogen) atoms. The Morgan fingerprint density at radius 2 is 1.81 bits per heavy atom. The van der Waals surface area contributed by atoms with Crippen molar-refractivity contribution in [2.24, 2.45) is 5.41 Å². The molecule has 0 aliphatic carbocycles. The molecule has 1 N–H and O–H groups in total. The van der Waals surface area contributed by atoms with Gasteiger partial charge in [-0.3, -0.25) is 4.31 Å². The fourth-order valence-corrected chi connectivity index (χ4v) is 6.30. The maximum absolute atomic E-state index is 6.58. The Morgan fingerprint density at radius 1 is 1.12 bits per heavy atom. The Kier molecular flexibility index (Phi) is 6.73.